The van der Waals surface area contributed by atoms with E-state index in [1.165, 1.54) is 0 Å². The summed E-state index contributed by atoms with van der Waals surface area (Å²) in [6.07, 6.45) is 0.287. The van der Waals surface area contributed by atoms with Crippen LogP contribution in [0.2, 0.25) is 0 Å². The third-order valence-corrected chi connectivity index (χ3v) is 2.78. The molecule has 17 heavy (non-hydrogen) atoms. The van der Waals surface area contributed by atoms with Gasteiger partial charge in [-0.25, -0.2) is 0 Å². The van der Waals surface area contributed by atoms with E-state index in [4.69, 9.17) is 5.26 Å². The molecule has 0 aliphatic heterocycles. The Labute approximate surface area is 100 Å². The predicted octanol–water partition coefficient (Wildman–Crippen LogP) is 3.57. The molecule has 2 nitrogen and oxygen atoms in total. The zero-order valence-electron chi connectivity index (χ0n) is 9.68. The Balaban J connectivity index is 2.31. The molecule has 0 spiro atoms. The van der Waals surface area contributed by atoms with Gasteiger partial charge in [0.15, 0.2) is 5.78 Å². The van der Waals surface area contributed by atoms with Crippen LogP contribution in [-0.2, 0) is 0 Å². The molecule has 0 radical (unpaired) electrons. The third-order valence-electron chi connectivity index (χ3n) is 2.78. The molecule has 0 fully saturated rings. The lowest BCUT2D eigenvalue weighted by atomic mass is 9.98. The minimum atomic E-state index is -0.228. The number of hydrogen-bond donors (Lipinski definition) is 0. The van der Waals surface area contributed by atoms with Crippen molar-refractivity contribution in [3.63, 3.8) is 0 Å². The van der Waals surface area contributed by atoms with Crippen molar-refractivity contribution in [3.8, 4) is 6.07 Å². The number of Topliss-reactive ketones (excluding diaryl/α,β-unsaturated/α-hetero) is 1. The molecule has 0 amide bonds. The van der Waals surface area contributed by atoms with Gasteiger partial charge in [-0.3, -0.25) is 4.79 Å². The Kier molecular flexibility index (Phi) is 3.20. The Morgan fingerprint density at radius 2 is 1.94 bits per heavy atom. The Hall–Kier alpha value is -2.14. The van der Waals surface area contributed by atoms with Gasteiger partial charge in [0.1, 0.15) is 0 Å². The van der Waals surface area contributed by atoms with E-state index in [2.05, 4.69) is 6.07 Å². The minimum Gasteiger partial charge on any atom is -0.294 e. The Morgan fingerprint density at radius 3 is 2.65 bits per heavy atom. The van der Waals surface area contributed by atoms with Crippen molar-refractivity contribution in [2.75, 3.05) is 0 Å². The molecule has 2 aromatic rings. The lowest BCUT2D eigenvalue weighted by Gasteiger charge is -2.04. The third kappa shape index (κ3) is 2.51. The quantitative estimate of drug-likeness (QED) is 0.746. The highest BCUT2D eigenvalue weighted by Gasteiger charge is 2.10. The molecule has 1 unspecified atom stereocenters. The van der Waals surface area contributed by atoms with Crippen LogP contribution in [-0.4, -0.2) is 5.78 Å². The van der Waals surface area contributed by atoms with Crippen molar-refractivity contribution in [3.05, 3.63) is 48.0 Å². The second kappa shape index (κ2) is 4.80. The summed E-state index contributed by atoms with van der Waals surface area (Å²) >= 11 is 0. The van der Waals surface area contributed by atoms with Crippen LogP contribution < -0.4 is 0 Å². The number of rotatable bonds is 3. The summed E-state index contributed by atoms with van der Waals surface area (Å²) < 4.78 is 0. The molecule has 0 bridgehead atoms. The van der Waals surface area contributed by atoms with E-state index in [1.54, 1.807) is 6.92 Å². The van der Waals surface area contributed by atoms with Crippen LogP contribution in [0, 0.1) is 17.2 Å². The predicted molar refractivity (Wildman–Crippen MR) is 67.7 cm³/mol. The number of carbonyl (C=O) groups excluding carboxylic acids is 1. The largest absolute Gasteiger partial charge is 0.294 e. The minimum absolute atomic E-state index is 0.0322. The number of nitrogens with zero attached hydrogens (tertiary/aromatic N) is 1. The van der Waals surface area contributed by atoms with Gasteiger partial charge in [-0.05, 0) is 23.8 Å². The van der Waals surface area contributed by atoms with Gasteiger partial charge >= 0.3 is 0 Å². The van der Waals surface area contributed by atoms with Crippen LogP contribution in [0.4, 0.5) is 0 Å². The van der Waals surface area contributed by atoms with Crippen molar-refractivity contribution < 1.29 is 4.79 Å². The number of ketones is 1. The van der Waals surface area contributed by atoms with Gasteiger partial charge in [0, 0.05) is 12.0 Å². The lowest BCUT2D eigenvalue weighted by molar-refractivity contribution is 0.0973. The maximum Gasteiger partial charge on any atom is 0.164 e. The normalized spacial score (nSPS) is 12.0. The van der Waals surface area contributed by atoms with Gasteiger partial charge in [0.2, 0.25) is 0 Å². The summed E-state index contributed by atoms with van der Waals surface area (Å²) in [6, 6.07) is 15.7. The molecule has 0 heterocycles. The van der Waals surface area contributed by atoms with E-state index in [1.807, 2.05) is 42.5 Å². The molecule has 0 aliphatic rings. The highest BCUT2D eigenvalue weighted by molar-refractivity contribution is 6.00. The fraction of sp³-hybridized carbons (Fsp3) is 0.200. The molecule has 0 saturated carbocycles. The first kappa shape index (κ1) is 11.3. The van der Waals surface area contributed by atoms with Crippen LogP contribution in [0.15, 0.2) is 42.5 Å². The van der Waals surface area contributed by atoms with Gasteiger partial charge < -0.3 is 0 Å². The van der Waals surface area contributed by atoms with Crippen LogP contribution in [0.1, 0.15) is 23.7 Å². The fourth-order valence-corrected chi connectivity index (χ4v) is 1.80. The Morgan fingerprint density at radius 1 is 1.24 bits per heavy atom. The molecule has 84 valence electrons. The first-order chi connectivity index (χ1) is 8.20. The number of benzene rings is 2. The van der Waals surface area contributed by atoms with E-state index in [9.17, 15) is 4.79 Å². The van der Waals surface area contributed by atoms with E-state index >= 15 is 0 Å². The maximum absolute atomic E-state index is 11.9. The van der Waals surface area contributed by atoms with Gasteiger partial charge in [0.05, 0.1) is 12.0 Å². The molecule has 2 rings (SSSR count). The summed E-state index contributed by atoms with van der Waals surface area (Å²) in [5.41, 5.74) is 0.686. The van der Waals surface area contributed by atoms with E-state index in [0.29, 0.717) is 5.56 Å². The molecular formula is C15H13NO. The summed E-state index contributed by atoms with van der Waals surface area (Å²) in [6.45, 7) is 1.76. The molecule has 0 aromatic heterocycles. The summed E-state index contributed by atoms with van der Waals surface area (Å²) in [5.74, 6) is -0.196. The van der Waals surface area contributed by atoms with Crippen LogP contribution in [0.3, 0.4) is 0 Å². The molecule has 2 heteroatoms. The molecule has 0 saturated heterocycles. The first-order valence-electron chi connectivity index (χ1n) is 5.62. The van der Waals surface area contributed by atoms with Crippen LogP contribution in [0.5, 0.6) is 0 Å². The number of carbonyl (C=O) groups is 1. The van der Waals surface area contributed by atoms with Gasteiger partial charge in [0.25, 0.3) is 0 Å². The number of hydrogen-bond acceptors (Lipinski definition) is 2. The molecule has 0 aliphatic carbocycles. The van der Waals surface area contributed by atoms with Crippen LogP contribution in [0.25, 0.3) is 10.8 Å². The molecule has 1 atom stereocenters. The average molecular weight is 223 g/mol. The summed E-state index contributed by atoms with van der Waals surface area (Å²) in [7, 11) is 0. The highest BCUT2D eigenvalue weighted by Crippen LogP contribution is 2.17. The number of nitriles is 1. The maximum atomic E-state index is 11.9. The highest BCUT2D eigenvalue weighted by atomic mass is 16.1. The first-order valence-corrected chi connectivity index (χ1v) is 5.62. The van der Waals surface area contributed by atoms with Crippen molar-refractivity contribution in [2.45, 2.75) is 13.3 Å². The smallest absolute Gasteiger partial charge is 0.164 e. The van der Waals surface area contributed by atoms with Crippen molar-refractivity contribution >= 4 is 16.6 Å². The SMILES string of the molecule is CC(C#N)CC(=O)c1ccc2ccccc2c1. The summed E-state index contributed by atoms with van der Waals surface area (Å²) in [4.78, 5) is 11.9. The van der Waals surface area contributed by atoms with Gasteiger partial charge in [-0.2, -0.15) is 5.26 Å². The second-order valence-electron chi connectivity index (χ2n) is 4.22. The molecule has 0 N–H and O–H groups in total. The molecule has 2 aromatic carbocycles. The second-order valence-corrected chi connectivity index (χ2v) is 4.22. The van der Waals surface area contributed by atoms with Gasteiger partial charge in [-0.15, -0.1) is 0 Å². The van der Waals surface area contributed by atoms with Crippen molar-refractivity contribution in [2.24, 2.45) is 5.92 Å². The zero-order valence-corrected chi connectivity index (χ0v) is 9.68. The monoisotopic (exact) mass is 223 g/mol. The lowest BCUT2D eigenvalue weighted by Crippen LogP contribution is -2.04. The van der Waals surface area contributed by atoms with Gasteiger partial charge in [-0.1, -0.05) is 36.4 Å². The van der Waals surface area contributed by atoms with E-state index in [-0.39, 0.29) is 18.1 Å². The average Bonchev–Trinajstić information content (AvgIpc) is 2.38. The molecular weight excluding hydrogens is 210 g/mol. The van der Waals surface area contributed by atoms with Crippen molar-refractivity contribution in [1.29, 1.82) is 5.26 Å². The summed E-state index contributed by atoms with van der Waals surface area (Å²) in [5, 5.41) is 10.9. The van der Waals surface area contributed by atoms with Crippen molar-refractivity contribution in [1.82, 2.24) is 0 Å². The van der Waals surface area contributed by atoms with Crippen LogP contribution >= 0.6 is 0 Å². The standard InChI is InChI=1S/C15H13NO/c1-11(10-16)8-15(17)14-7-6-12-4-2-3-5-13(12)9-14/h2-7,9,11H,8H2,1H3. The fourth-order valence-electron chi connectivity index (χ4n) is 1.80. The van der Waals surface area contributed by atoms with E-state index < -0.39 is 0 Å². The van der Waals surface area contributed by atoms with E-state index in [0.717, 1.165) is 10.8 Å². The zero-order chi connectivity index (χ0) is 12.3. The Bertz CT molecular complexity index is 595. The topological polar surface area (TPSA) is 40.9 Å². The number of fused-ring (bicyclic) bond motifs is 1.